The van der Waals surface area contributed by atoms with E-state index in [1.54, 1.807) is 0 Å². The third-order valence-corrected chi connectivity index (χ3v) is 12.2. The summed E-state index contributed by atoms with van der Waals surface area (Å²) in [6.45, 7) is 0. The molecule has 0 amide bonds. The van der Waals surface area contributed by atoms with Crippen LogP contribution >= 0.6 is 11.3 Å². The van der Waals surface area contributed by atoms with Crippen LogP contribution in [0.3, 0.4) is 0 Å². The maximum atomic E-state index is 6.72. The van der Waals surface area contributed by atoms with Gasteiger partial charge in [-0.25, -0.2) is 9.97 Å². The Morgan fingerprint density at radius 1 is 0.455 bits per heavy atom. The van der Waals surface area contributed by atoms with Crippen molar-refractivity contribution in [1.82, 2.24) is 14.5 Å². The fraction of sp³-hybridized carbons (Fsp3) is 0. The number of hydrogen-bond donors (Lipinski definition) is 0. The zero-order valence-electron chi connectivity index (χ0n) is 29.4. The Labute approximate surface area is 319 Å². The predicted octanol–water partition coefficient (Wildman–Crippen LogP) is 14.0. The van der Waals surface area contributed by atoms with Gasteiger partial charge in [0.25, 0.3) is 0 Å². The third-order valence-electron chi connectivity index (χ3n) is 11.0. The molecule has 4 nitrogen and oxygen atoms in total. The summed E-state index contributed by atoms with van der Waals surface area (Å²) in [6.07, 6.45) is 0. The minimum Gasteiger partial charge on any atom is -0.452 e. The molecule has 0 N–H and O–H groups in total. The number of fused-ring (bicyclic) bond motifs is 13. The lowest BCUT2D eigenvalue weighted by Gasteiger charge is -2.13. The molecular formula is C50H29N3OS. The minimum absolute atomic E-state index is 0.610. The lowest BCUT2D eigenvalue weighted by Crippen LogP contribution is -2.03. The molecule has 55 heavy (non-hydrogen) atoms. The number of para-hydroxylation sites is 2. The Balaban J connectivity index is 1.26. The number of rotatable bonds is 4. The number of benzene rings is 8. The zero-order valence-corrected chi connectivity index (χ0v) is 30.2. The third kappa shape index (κ3) is 4.51. The highest BCUT2D eigenvalue weighted by atomic mass is 32.1. The van der Waals surface area contributed by atoms with E-state index in [2.05, 4.69) is 168 Å². The summed E-state index contributed by atoms with van der Waals surface area (Å²) in [4.78, 5) is 11.1. The van der Waals surface area contributed by atoms with Gasteiger partial charge in [0.05, 0.1) is 11.0 Å². The van der Waals surface area contributed by atoms with E-state index >= 15 is 0 Å². The molecule has 5 heteroatoms. The largest absolute Gasteiger partial charge is 0.452 e. The summed E-state index contributed by atoms with van der Waals surface area (Å²) >= 11 is 1.86. The highest BCUT2D eigenvalue weighted by Gasteiger charge is 2.25. The van der Waals surface area contributed by atoms with Crippen molar-refractivity contribution >= 4 is 86.2 Å². The predicted molar refractivity (Wildman–Crippen MR) is 230 cm³/mol. The van der Waals surface area contributed by atoms with Gasteiger partial charge in [-0.1, -0.05) is 133 Å². The number of nitrogens with zero attached hydrogens (tertiary/aromatic N) is 3. The van der Waals surface area contributed by atoms with E-state index < -0.39 is 0 Å². The van der Waals surface area contributed by atoms with Crippen LogP contribution in [0.1, 0.15) is 0 Å². The standard InChI is InChI=1S/C50H29N3OS/c1-3-15-30(16-4-1)32-27-33(31-17-5-2-6-18-31)29-34(28-32)45-48-46(38-22-10-13-25-41(38)54-48)52-50(51-45)53-40-24-12-9-21-37(40)43-35-19-7-8-20-36(35)49-44(47(43)53)39-23-11-14-26-42(39)55-49/h1-29H. The Morgan fingerprint density at radius 2 is 1.04 bits per heavy atom. The molecule has 0 saturated heterocycles. The summed E-state index contributed by atoms with van der Waals surface area (Å²) in [5, 5.41) is 8.29. The molecule has 0 aliphatic heterocycles. The first kappa shape index (κ1) is 30.4. The number of aromatic nitrogens is 3. The van der Waals surface area contributed by atoms with Gasteiger partial charge in [0.2, 0.25) is 5.95 Å². The monoisotopic (exact) mass is 719 g/mol. The van der Waals surface area contributed by atoms with Gasteiger partial charge in [-0.3, -0.25) is 4.57 Å². The van der Waals surface area contributed by atoms with Crippen molar-refractivity contribution in [3.05, 3.63) is 176 Å². The van der Waals surface area contributed by atoms with E-state index in [4.69, 9.17) is 14.4 Å². The van der Waals surface area contributed by atoms with E-state index in [0.29, 0.717) is 11.5 Å². The summed E-state index contributed by atoms with van der Waals surface area (Å²) in [7, 11) is 0. The highest BCUT2D eigenvalue weighted by Crippen LogP contribution is 2.48. The van der Waals surface area contributed by atoms with E-state index in [9.17, 15) is 0 Å². The van der Waals surface area contributed by atoms with Crippen LogP contribution in [0.25, 0.3) is 114 Å². The number of furan rings is 1. The molecule has 12 rings (SSSR count). The van der Waals surface area contributed by atoms with Gasteiger partial charge in [-0.05, 0) is 70.1 Å². The lowest BCUT2D eigenvalue weighted by molar-refractivity contribution is 0.666. The van der Waals surface area contributed by atoms with Crippen LogP contribution in [0.5, 0.6) is 0 Å². The first-order valence-electron chi connectivity index (χ1n) is 18.5. The molecular weight excluding hydrogens is 691 g/mol. The van der Waals surface area contributed by atoms with Crippen molar-refractivity contribution in [2.75, 3.05) is 0 Å². The van der Waals surface area contributed by atoms with Crippen LogP contribution < -0.4 is 0 Å². The topological polar surface area (TPSA) is 43.9 Å². The second kappa shape index (κ2) is 11.7. The Morgan fingerprint density at radius 3 is 1.78 bits per heavy atom. The number of thiophene rings is 1. The molecule has 0 aliphatic carbocycles. The normalized spacial score (nSPS) is 12.0. The minimum atomic E-state index is 0.610. The van der Waals surface area contributed by atoms with E-state index in [1.165, 1.54) is 41.7 Å². The van der Waals surface area contributed by atoms with Gasteiger partial charge in [0.15, 0.2) is 5.58 Å². The van der Waals surface area contributed by atoms with E-state index in [-0.39, 0.29) is 0 Å². The van der Waals surface area contributed by atoms with Crippen molar-refractivity contribution in [2.24, 2.45) is 0 Å². The van der Waals surface area contributed by atoms with Crippen molar-refractivity contribution < 1.29 is 4.42 Å². The summed E-state index contributed by atoms with van der Waals surface area (Å²) in [6, 6.07) is 62.3. The average Bonchev–Trinajstić information content (AvgIpc) is 3.94. The van der Waals surface area contributed by atoms with Crippen LogP contribution in [0, 0.1) is 0 Å². The molecule has 4 aromatic heterocycles. The van der Waals surface area contributed by atoms with Crippen molar-refractivity contribution in [3.63, 3.8) is 0 Å². The van der Waals surface area contributed by atoms with Crippen LogP contribution in [0.2, 0.25) is 0 Å². The number of hydrogen-bond acceptors (Lipinski definition) is 4. The maximum absolute atomic E-state index is 6.72. The van der Waals surface area contributed by atoms with E-state index in [1.807, 2.05) is 23.5 Å². The summed E-state index contributed by atoms with van der Waals surface area (Å²) in [5.74, 6) is 0.610. The van der Waals surface area contributed by atoms with Gasteiger partial charge in [-0.2, -0.15) is 0 Å². The van der Waals surface area contributed by atoms with Gasteiger partial charge >= 0.3 is 0 Å². The molecule has 256 valence electrons. The smallest absolute Gasteiger partial charge is 0.236 e. The molecule has 8 aromatic carbocycles. The first-order chi connectivity index (χ1) is 27.3. The molecule has 0 saturated carbocycles. The maximum Gasteiger partial charge on any atom is 0.236 e. The Bertz CT molecular complexity index is 3430. The zero-order chi connectivity index (χ0) is 36.0. The van der Waals surface area contributed by atoms with Crippen LogP contribution in [0.4, 0.5) is 0 Å². The quantitative estimate of drug-likeness (QED) is 0.182. The summed E-state index contributed by atoms with van der Waals surface area (Å²) < 4.78 is 11.6. The van der Waals surface area contributed by atoms with Gasteiger partial charge in [0, 0.05) is 47.3 Å². The molecule has 12 aromatic rings. The van der Waals surface area contributed by atoms with Gasteiger partial charge in [0.1, 0.15) is 16.8 Å². The summed E-state index contributed by atoms with van der Waals surface area (Å²) in [5.41, 5.74) is 10.6. The molecule has 0 spiro atoms. The molecule has 0 atom stereocenters. The fourth-order valence-electron chi connectivity index (χ4n) is 8.56. The lowest BCUT2D eigenvalue weighted by atomic mass is 9.95. The van der Waals surface area contributed by atoms with Crippen LogP contribution in [-0.4, -0.2) is 14.5 Å². The van der Waals surface area contributed by atoms with Crippen LogP contribution in [-0.2, 0) is 0 Å². The van der Waals surface area contributed by atoms with Gasteiger partial charge in [-0.15, -0.1) is 11.3 Å². The second-order valence-corrected chi connectivity index (χ2v) is 15.2. The molecule has 0 fully saturated rings. The van der Waals surface area contributed by atoms with E-state index in [0.717, 1.165) is 61.0 Å². The average molecular weight is 720 g/mol. The molecule has 0 bridgehead atoms. The Hall–Kier alpha value is -7.08. The van der Waals surface area contributed by atoms with Crippen LogP contribution in [0.15, 0.2) is 180 Å². The molecule has 0 aliphatic rings. The molecule has 0 unspecified atom stereocenters. The molecule has 0 radical (unpaired) electrons. The fourth-order valence-corrected chi connectivity index (χ4v) is 9.80. The highest BCUT2D eigenvalue weighted by molar-refractivity contribution is 7.27. The Kier molecular flexibility index (Phi) is 6.47. The van der Waals surface area contributed by atoms with Crippen molar-refractivity contribution in [1.29, 1.82) is 0 Å². The van der Waals surface area contributed by atoms with Crippen molar-refractivity contribution in [2.45, 2.75) is 0 Å². The molecule has 4 heterocycles. The van der Waals surface area contributed by atoms with Gasteiger partial charge < -0.3 is 4.42 Å². The SMILES string of the molecule is c1ccc(-c2cc(-c3ccccc3)cc(-c3nc(-n4c5ccccc5c5c6ccccc6c6sc7ccccc7c6c54)nc4c3oc3ccccc34)c2)cc1. The second-order valence-electron chi connectivity index (χ2n) is 14.1. The first-order valence-corrected chi connectivity index (χ1v) is 19.3. The van der Waals surface area contributed by atoms with Crippen molar-refractivity contribution in [3.8, 4) is 39.5 Å².